The number of hydrogen-bond acceptors (Lipinski definition) is 4. The molecule has 0 N–H and O–H groups in total. The molecule has 0 radical (unpaired) electrons. The molecular formula is C15H14FN3O2. The Morgan fingerprint density at radius 3 is 3.14 bits per heavy atom. The molecule has 5 nitrogen and oxygen atoms in total. The van der Waals surface area contributed by atoms with E-state index in [9.17, 15) is 9.18 Å². The fourth-order valence-corrected chi connectivity index (χ4v) is 2.42. The lowest BCUT2D eigenvalue weighted by Crippen LogP contribution is -2.24. The van der Waals surface area contributed by atoms with E-state index in [2.05, 4.69) is 16.7 Å². The van der Waals surface area contributed by atoms with Gasteiger partial charge in [0.1, 0.15) is 5.82 Å². The standard InChI is InChI=1S/C15H14FN3O2/c1-2-6-19-9-11(8-13(19)20)15-17-14(18-21-15)10-4-3-5-12(16)7-10/h2-5,7,11H,1,6,8-9H2. The van der Waals surface area contributed by atoms with Gasteiger partial charge in [-0.1, -0.05) is 23.4 Å². The maximum absolute atomic E-state index is 13.2. The minimum atomic E-state index is -0.355. The Bertz CT molecular complexity index is 683. The van der Waals surface area contributed by atoms with Gasteiger partial charge in [-0.25, -0.2) is 4.39 Å². The van der Waals surface area contributed by atoms with E-state index in [1.807, 2.05) is 0 Å². The number of likely N-dealkylation sites (tertiary alicyclic amines) is 1. The Morgan fingerprint density at radius 1 is 1.52 bits per heavy atom. The van der Waals surface area contributed by atoms with E-state index < -0.39 is 0 Å². The average Bonchev–Trinajstić information content (AvgIpc) is 3.07. The molecule has 1 unspecified atom stereocenters. The van der Waals surface area contributed by atoms with E-state index in [1.54, 1.807) is 23.1 Å². The predicted octanol–water partition coefficient (Wildman–Crippen LogP) is 2.38. The summed E-state index contributed by atoms with van der Waals surface area (Å²) in [6.45, 7) is 4.68. The van der Waals surface area contributed by atoms with E-state index in [-0.39, 0.29) is 17.6 Å². The number of carbonyl (C=O) groups is 1. The van der Waals surface area contributed by atoms with Gasteiger partial charge >= 0.3 is 0 Å². The number of carbonyl (C=O) groups excluding carboxylic acids is 1. The van der Waals surface area contributed by atoms with E-state index in [1.165, 1.54) is 12.1 Å². The van der Waals surface area contributed by atoms with Crippen LogP contribution in [0.2, 0.25) is 0 Å². The van der Waals surface area contributed by atoms with E-state index >= 15 is 0 Å². The van der Waals surface area contributed by atoms with Crippen LogP contribution in [0.4, 0.5) is 4.39 Å². The molecule has 0 saturated carbocycles. The summed E-state index contributed by atoms with van der Waals surface area (Å²) >= 11 is 0. The van der Waals surface area contributed by atoms with Crippen LogP contribution in [0.5, 0.6) is 0 Å². The number of amides is 1. The lowest BCUT2D eigenvalue weighted by molar-refractivity contribution is -0.127. The van der Waals surface area contributed by atoms with Crippen LogP contribution in [0.1, 0.15) is 18.2 Å². The summed E-state index contributed by atoms with van der Waals surface area (Å²) < 4.78 is 18.4. The topological polar surface area (TPSA) is 59.2 Å². The van der Waals surface area contributed by atoms with Crippen LogP contribution in [0.15, 0.2) is 41.4 Å². The molecule has 2 heterocycles. The number of benzene rings is 1. The molecule has 1 aromatic heterocycles. The van der Waals surface area contributed by atoms with Crippen LogP contribution in [0.25, 0.3) is 11.4 Å². The Balaban J connectivity index is 1.80. The molecule has 3 rings (SSSR count). The normalized spacial score (nSPS) is 18.2. The van der Waals surface area contributed by atoms with Crippen LogP contribution in [-0.4, -0.2) is 34.0 Å². The molecule has 1 aromatic carbocycles. The minimum Gasteiger partial charge on any atom is -0.339 e. The Morgan fingerprint density at radius 2 is 2.38 bits per heavy atom. The molecular weight excluding hydrogens is 273 g/mol. The Hall–Kier alpha value is -2.50. The van der Waals surface area contributed by atoms with Gasteiger partial charge in [0.25, 0.3) is 0 Å². The molecule has 0 bridgehead atoms. The van der Waals surface area contributed by atoms with Crippen molar-refractivity contribution in [1.82, 2.24) is 15.0 Å². The van der Waals surface area contributed by atoms with Crippen molar-refractivity contribution in [3.8, 4) is 11.4 Å². The molecule has 1 fully saturated rings. The summed E-state index contributed by atoms with van der Waals surface area (Å²) in [6, 6.07) is 6.00. The van der Waals surface area contributed by atoms with Gasteiger partial charge in [0, 0.05) is 25.1 Å². The van der Waals surface area contributed by atoms with Crippen molar-refractivity contribution in [1.29, 1.82) is 0 Å². The smallest absolute Gasteiger partial charge is 0.232 e. The van der Waals surface area contributed by atoms with E-state index in [4.69, 9.17) is 4.52 Å². The van der Waals surface area contributed by atoms with Gasteiger partial charge in [-0.3, -0.25) is 4.79 Å². The van der Waals surface area contributed by atoms with Crippen molar-refractivity contribution in [2.24, 2.45) is 0 Å². The lowest BCUT2D eigenvalue weighted by atomic mass is 10.1. The van der Waals surface area contributed by atoms with E-state index in [0.717, 1.165) is 0 Å². The van der Waals surface area contributed by atoms with Gasteiger partial charge < -0.3 is 9.42 Å². The van der Waals surface area contributed by atoms with Crippen LogP contribution < -0.4 is 0 Å². The quantitative estimate of drug-likeness (QED) is 0.810. The van der Waals surface area contributed by atoms with Crippen molar-refractivity contribution in [3.63, 3.8) is 0 Å². The zero-order valence-electron chi connectivity index (χ0n) is 11.3. The van der Waals surface area contributed by atoms with E-state index in [0.29, 0.717) is 36.8 Å². The monoisotopic (exact) mass is 287 g/mol. The van der Waals surface area contributed by atoms with Crippen LogP contribution in [-0.2, 0) is 4.79 Å². The summed E-state index contributed by atoms with van der Waals surface area (Å²) in [7, 11) is 0. The number of halogens is 1. The maximum atomic E-state index is 13.2. The fraction of sp³-hybridized carbons (Fsp3) is 0.267. The van der Waals surface area contributed by atoms with Gasteiger partial charge in [0.05, 0.1) is 5.92 Å². The first-order valence-corrected chi connectivity index (χ1v) is 6.65. The molecule has 0 aliphatic carbocycles. The molecule has 1 aliphatic rings. The molecule has 21 heavy (non-hydrogen) atoms. The van der Waals surface area contributed by atoms with Gasteiger partial charge in [-0.2, -0.15) is 4.98 Å². The summed E-state index contributed by atoms with van der Waals surface area (Å²) in [5.41, 5.74) is 0.553. The molecule has 1 amide bonds. The summed E-state index contributed by atoms with van der Waals surface area (Å²) in [6.07, 6.45) is 2.03. The van der Waals surface area contributed by atoms with Crippen LogP contribution in [0.3, 0.4) is 0 Å². The third-order valence-corrected chi connectivity index (χ3v) is 3.44. The zero-order chi connectivity index (χ0) is 14.8. The third kappa shape index (κ3) is 2.69. The highest BCUT2D eigenvalue weighted by Crippen LogP contribution is 2.28. The average molecular weight is 287 g/mol. The van der Waals surface area contributed by atoms with Crippen molar-refractivity contribution in [2.45, 2.75) is 12.3 Å². The molecule has 1 aliphatic heterocycles. The number of rotatable bonds is 4. The maximum Gasteiger partial charge on any atom is 0.232 e. The first kappa shape index (κ1) is 13.5. The molecule has 1 saturated heterocycles. The third-order valence-electron chi connectivity index (χ3n) is 3.44. The second kappa shape index (κ2) is 5.47. The highest BCUT2D eigenvalue weighted by Gasteiger charge is 2.33. The summed E-state index contributed by atoms with van der Waals surface area (Å²) in [5, 5.41) is 3.87. The molecule has 6 heteroatoms. The van der Waals surface area contributed by atoms with Gasteiger partial charge in [-0.05, 0) is 12.1 Å². The van der Waals surface area contributed by atoms with Crippen molar-refractivity contribution in [2.75, 3.05) is 13.1 Å². The second-order valence-electron chi connectivity index (χ2n) is 4.96. The highest BCUT2D eigenvalue weighted by atomic mass is 19.1. The first-order chi connectivity index (χ1) is 10.2. The lowest BCUT2D eigenvalue weighted by Gasteiger charge is -2.12. The molecule has 0 spiro atoms. The SMILES string of the molecule is C=CCN1CC(c2nc(-c3cccc(F)c3)no2)CC1=O. The summed E-state index contributed by atoms with van der Waals surface area (Å²) in [5.74, 6) is 0.318. The Labute approximate surface area is 121 Å². The Kier molecular flexibility index (Phi) is 3.51. The zero-order valence-corrected chi connectivity index (χ0v) is 11.3. The van der Waals surface area contributed by atoms with Crippen molar-refractivity contribution in [3.05, 3.63) is 48.6 Å². The van der Waals surface area contributed by atoms with Crippen molar-refractivity contribution < 1.29 is 13.7 Å². The molecule has 2 aromatic rings. The fourth-order valence-electron chi connectivity index (χ4n) is 2.42. The number of hydrogen-bond donors (Lipinski definition) is 0. The van der Waals surface area contributed by atoms with Crippen molar-refractivity contribution >= 4 is 5.91 Å². The molecule has 108 valence electrons. The van der Waals surface area contributed by atoms with Crippen LogP contribution in [0, 0.1) is 5.82 Å². The molecule has 1 atom stereocenters. The minimum absolute atomic E-state index is 0.0467. The predicted molar refractivity (Wildman–Crippen MR) is 73.8 cm³/mol. The highest BCUT2D eigenvalue weighted by molar-refractivity contribution is 5.79. The van der Waals surface area contributed by atoms with Crippen LogP contribution >= 0.6 is 0 Å². The van der Waals surface area contributed by atoms with Gasteiger partial charge in [0.15, 0.2) is 0 Å². The second-order valence-corrected chi connectivity index (χ2v) is 4.96. The van der Waals surface area contributed by atoms with Gasteiger partial charge in [0.2, 0.25) is 17.6 Å². The first-order valence-electron chi connectivity index (χ1n) is 6.65. The number of aromatic nitrogens is 2. The summed E-state index contributed by atoms with van der Waals surface area (Å²) in [4.78, 5) is 17.8. The number of nitrogens with zero attached hydrogens (tertiary/aromatic N) is 3. The van der Waals surface area contributed by atoms with Gasteiger partial charge in [-0.15, -0.1) is 6.58 Å². The largest absolute Gasteiger partial charge is 0.339 e.